The Morgan fingerprint density at radius 3 is 2.87 bits per heavy atom. The molecule has 0 atom stereocenters. The minimum atomic E-state index is 0.0140. The molecular weight excluding hydrogens is 310 g/mol. The number of para-hydroxylation sites is 1. The quantitative estimate of drug-likeness (QED) is 0.756. The van der Waals surface area contributed by atoms with Crippen molar-refractivity contribution in [1.29, 1.82) is 0 Å². The van der Waals surface area contributed by atoms with Crippen LogP contribution in [0.4, 0.5) is 0 Å². The van der Waals surface area contributed by atoms with Gasteiger partial charge < -0.3 is 10.1 Å². The Hall–Kier alpha value is -2.47. The first-order chi connectivity index (χ1) is 11.2. The average molecular weight is 327 g/mol. The van der Waals surface area contributed by atoms with Gasteiger partial charge in [-0.2, -0.15) is 0 Å². The molecule has 0 saturated carbocycles. The van der Waals surface area contributed by atoms with Gasteiger partial charge >= 0.3 is 0 Å². The van der Waals surface area contributed by atoms with Crippen molar-refractivity contribution in [3.05, 3.63) is 53.2 Å². The highest BCUT2D eigenvalue weighted by atomic mass is 32.1. The zero-order valence-electron chi connectivity index (χ0n) is 12.8. The SMILES string of the molecule is COc1ccc(CNC(=O)CCc2nc3ccccc3s2)cn1. The Morgan fingerprint density at radius 2 is 2.13 bits per heavy atom. The number of nitrogens with zero attached hydrogens (tertiary/aromatic N) is 2. The Kier molecular flexibility index (Phi) is 4.83. The van der Waals surface area contributed by atoms with Crippen molar-refractivity contribution < 1.29 is 9.53 Å². The molecule has 0 unspecified atom stereocenters. The van der Waals surface area contributed by atoms with Crippen LogP contribution in [0.25, 0.3) is 10.2 Å². The molecule has 2 heterocycles. The summed E-state index contributed by atoms with van der Waals surface area (Å²) in [7, 11) is 1.58. The van der Waals surface area contributed by atoms with E-state index < -0.39 is 0 Å². The molecule has 1 amide bonds. The van der Waals surface area contributed by atoms with Gasteiger partial charge in [0.15, 0.2) is 0 Å². The molecule has 0 aliphatic rings. The molecule has 1 aromatic carbocycles. The van der Waals surface area contributed by atoms with E-state index in [0.717, 1.165) is 20.8 Å². The van der Waals surface area contributed by atoms with Crippen LogP contribution in [0.3, 0.4) is 0 Å². The summed E-state index contributed by atoms with van der Waals surface area (Å²) in [5.74, 6) is 0.580. The van der Waals surface area contributed by atoms with Crippen LogP contribution in [0.5, 0.6) is 5.88 Å². The Balaban J connectivity index is 1.49. The predicted molar refractivity (Wildman–Crippen MR) is 90.6 cm³/mol. The second kappa shape index (κ2) is 7.19. The van der Waals surface area contributed by atoms with Crippen LogP contribution in [0, 0.1) is 0 Å². The monoisotopic (exact) mass is 327 g/mol. The largest absolute Gasteiger partial charge is 0.481 e. The molecule has 2 aromatic heterocycles. The highest BCUT2D eigenvalue weighted by molar-refractivity contribution is 7.18. The minimum absolute atomic E-state index is 0.0140. The lowest BCUT2D eigenvalue weighted by atomic mass is 10.2. The van der Waals surface area contributed by atoms with Crippen LogP contribution in [0.2, 0.25) is 0 Å². The topological polar surface area (TPSA) is 64.1 Å². The molecule has 5 nitrogen and oxygen atoms in total. The van der Waals surface area contributed by atoms with Gasteiger partial charge in [0.1, 0.15) is 0 Å². The van der Waals surface area contributed by atoms with Crippen LogP contribution < -0.4 is 10.1 Å². The van der Waals surface area contributed by atoms with Crippen molar-refractivity contribution in [3.63, 3.8) is 0 Å². The van der Waals surface area contributed by atoms with Crippen molar-refractivity contribution in [2.75, 3.05) is 7.11 Å². The number of pyridine rings is 1. The van der Waals surface area contributed by atoms with E-state index in [1.165, 1.54) is 0 Å². The number of nitrogens with one attached hydrogen (secondary N) is 1. The summed E-state index contributed by atoms with van der Waals surface area (Å²) in [5, 5.41) is 3.89. The number of carbonyl (C=O) groups is 1. The highest BCUT2D eigenvalue weighted by Crippen LogP contribution is 2.22. The van der Waals surface area contributed by atoms with E-state index in [1.807, 2.05) is 30.3 Å². The van der Waals surface area contributed by atoms with Gasteiger partial charge in [0.05, 0.1) is 22.3 Å². The number of fused-ring (bicyclic) bond motifs is 1. The van der Waals surface area contributed by atoms with Crippen molar-refractivity contribution in [2.24, 2.45) is 0 Å². The third kappa shape index (κ3) is 4.04. The molecule has 0 spiro atoms. The van der Waals surface area contributed by atoms with Gasteiger partial charge in [0.2, 0.25) is 11.8 Å². The predicted octanol–water partition coefficient (Wildman–Crippen LogP) is 2.95. The van der Waals surface area contributed by atoms with Crippen molar-refractivity contribution in [1.82, 2.24) is 15.3 Å². The van der Waals surface area contributed by atoms with Gasteiger partial charge in [-0.3, -0.25) is 4.79 Å². The number of ether oxygens (including phenoxy) is 1. The minimum Gasteiger partial charge on any atom is -0.481 e. The summed E-state index contributed by atoms with van der Waals surface area (Å²) in [5.41, 5.74) is 1.94. The lowest BCUT2D eigenvalue weighted by Crippen LogP contribution is -2.23. The highest BCUT2D eigenvalue weighted by Gasteiger charge is 2.07. The number of amides is 1. The number of carbonyl (C=O) groups excluding carboxylic acids is 1. The second-order valence-electron chi connectivity index (χ2n) is 5.06. The van der Waals surface area contributed by atoms with E-state index in [2.05, 4.69) is 15.3 Å². The first-order valence-electron chi connectivity index (χ1n) is 7.34. The van der Waals surface area contributed by atoms with Crippen molar-refractivity contribution in [3.8, 4) is 5.88 Å². The Labute approximate surface area is 138 Å². The fourth-order valence-corrected chi connectivity index (χ4v) is 3.14. The van der Waals surface area contributed by atoms with Gasteiger partial charge in [0.25, 0.3) is 0 Å². The molecule has 1 N–H and O–H groups in total. The van der Waals surface area contributed by atoms with Crippen molar-refractivity contribution >= 4 is 27.5 Å². The molecule has 0 radical (unpaired) electrons. The van der Waals surface area contributed by atoms with E-state index in [1.54, 1.807) is 30.7 Å². The first-order valence-corrected chi connectivity index (χ1v) is 8.16. The standard InChI is InChI=1S/C17H17N3O2S/c1-22-16-8-6-12(11-19-16)10-18-15(21)7-9-17-20-13-4-2-3-5-14(13)23-17/h2-6,8,11H,7,9-10H2,1H3,(H,18,21). The third-order valence-electron chi connectivity index (χ3n) is 3.40. The van der Waals surface area contributed by atoms with E-state index >= 15 is 0 Å². The number of benzene rings is 1. The average Bonchev–Trinajstić information content (AvgIpc) is 3.01. The van der Waals surface area contributed by atoms with E-state index in [-0.39, 0.29) is 5.91 Å². The number of hydrogen-bond acceptors (Lipinski definition) is 5. The Morgan fingerprint density at radius 1 is 1.26 bits per heavy atom. The maximum Gasteiger partial charge on any atom is 0.220 e. The molecule has 0 fully saturated rings. The van der Waals surface area contributed by atoms with Crippen LogP contribution in [-0.4, -0.2) is 23.0 Å². The number of methoxy groups -OCH3 is 1. The summed E-state index contributed by atoms with van der Waals surface area (Å²) in [6.45, 7) is 0.468. The number of aryl methyl sites for hydroxylation is 1. The molecule has 3 aromatic rings. The third-order valence-corrected chi connectivity index (χ3v) is 4.50. The van der Waals surface area contributed by atoms with Crippen molar-refractivity contribution in [2.45, 2.75) is 19.4 Å². The fourth-order valence-electron chi connectivity index (χ4n) is 2.17. The van der Waals surface area contributed by atoms with Gasteiger partial charge in [-0.15, -0.1) is 11.3 Å². The molecule has 6 heteroatoms. The fraction of sp³-hybridized carbons (Fsp3) is 0.235. The van der Waals surface area contributed by atoms with Gasteiger partial charge in [-0.25, -0.2) is 9.97 Å². The van der Waals surface area contributed by atoms with Crippen LogP contribution >= 0.6 is 11.3 Å². The number of rotatable bonds is 6. The zero-order valence-corrected chi connectivity index (χ0v) is 13.6. The van der Waals surface area contributed by atoms with Crippen LogP contribution in [0.1, 0.15) is 17.0 Å². The first kappa shape index (κ1) is 15.4. The maximum absolute atomic E-state index is 11.9. The number of hydrogen-bond donors (Lipinski definition) is 1. The molecule has 0 aliphatic carbocycles. The normalized spacial score (nSPS) is 10.7. The molecule has 23 heavy (non-hydrogen) atoms. The van der Waals surface area contributed by atoms with E-state index in [0.29, 0.717) is 25.3 Å². The smallest absolute Gasteiger partial charge is 0.220 e. The van der Waals surface area contributed by atoms with Gasteiger partial charge in [-0.05, 0) is 17.7 Å². The lowest BCUT2D eigenvalue weighted by Gasteiger charge is -2.05. The maximum atomic E-state index is 11.9. The van der Waals surface area contributed by atoms with E-state index in [4.69, 9.17) is 4.74 Å². The summed E-state index contributed by atoms with van der Waals surface area (Å²) in [6, 6.07) is 11.7. The molecule has 0 aliphatic heterocycles. The second-order valence-corrected chi connectivity index (χ2v) is 6.18. The molecule has 3 rings (SSSR count). The molecular formula is C17H17N3O2S. The summed E-state index contributed by atoms with van der Waals surface area (Å²) in [6.07, 6.45) is 2.79. The number of thiazole rings is 1. The summed E-state index contributed by atoms with van der Waals surface area (Å²) in [4.78, 5) is 20.6. The van der Waals surface area contributed by atoms with Crippen LogP contribution in [0.15, 0.2) is 42.6 Å². The van der Waals surface area contributed by atoms with E-state index in [9.17, 15) is 4.79 Å². The van der Waals surface area contributed by atoms with Gasteiger partial charge in [0, 0.05) is 31.6 Å². The summed E-state index contributed by atoms with van der Waals surface area (Å²) >= 11 is 1.64. The summed E-state index contributed by atoms with van der Waals surface area (Å²) < 4.78 is 6.16. The number of aromatic nitrogens is 2. The zero-order chi connectivity index (χ0) is 16.1. The Bertz CT molecular complexity index is 766. The molecule has 0 saturated heterocycles. The molecule has 0 bridgehead atoms. The lowest BCUT2D eigenvalue weighted by molar-refractivity contribution is -0.121. The molecule has 118 valence electrons. The van der Waals surface area contributed by atoms with Gasteiger partial charge in [-0.1, -0.05) is 18.2 Å². The van der Waals surface area contributed by atoms with Crippen LogP contribution in [-0.2, 0) is 17.8 Å².